The van der Waals surface area contributed by atoms with Gasteiger partial charge in [-0.25, -0.2) is 0 Å². The summed E-state index contributed by atoms with van der Waals surface area (Å²) in [5.74, 6) is 1.04. The molecule has 0 atom stereocenters. The third kappa shape index (κ3) is 2.23. The molecule has 0 heterocycles. The molecular weight excluding hydrogens is 200 g/mol. The molecule has 0 aromatic heterocycles. The lowest BCUT2D eigenvalue weighted by atomic mass is 10.1. The van der Waals surface area contributed by atoms with Crippen LogP contribution in [0.1, 0.15) is 0 Å². The minimum Gasteiger partial charge on any atom is -0.508 e. The number of rotatable bonds is 3. The topological polar surface area (TPSA) is 29.5 Å². The molecule has 0 spiro atoms. The molecule has 2 aromatic rings. The summed E-state index contributed by atoms with van der Waals surface area (Å²) in [6, 6.07) is 14.8. The van der Waals surface area contributed by atoms with Gasteiger partial charge in [-0.15, -0.1) is 0 Å². The maximum atomic E-state index is 9.19. The van der Waals surface area contributed by atoms with Crippen LogP contribution in [0.2, 0.25) is 0 Å². The van der Waals surface area contributed by atoms with Gasteiger partial charge in [0.05, 0.1) is 6.26 Å². The van der Waals surface area contributed by atoms with Crippen molar-refractivity contribution in [3.05, 3.63) is 61.4 Å². The molecule has 0 unspecified atom stereocenters. The van der Waals surface area contributed by atoms with Crippen molar-refractivity contribution in [3.8, 4) is 22.6 Å². The molecular formula is C14H12O2. The third-order valence-electron chi connectivity index (χ3n) is 2.27. The first kappa shape index (κ1) is 10.3. The summed E-state index contributed by atoms with van der Waals surface area (Å²) in [4.78, 5) is 0. The zero-order valence-corrected chi connectivity index (χ0v) is 8.76. The van der Waals surface area contributed by atoms with Gasteiger partial charge in [0, 0.05) is 0 Å². The van der Waals surface area contributed by atoms with Crippen molar-refractivity contribution in [3.63, 3.8) is 0 Å². The lowest BCUT2D eigenvalue weighted by Gasteiger charge is -2.03. The Balaban J connectivity index is 2.27. The molecule has 2 heteroatoms. The smallest absolute Gasteiger partial charge is 0.126 e. The molecule has 0 aliphatic carbocycles. The Kier molecular flexibility index (Phi) is 2.92. The number of ether oxygens (including phenoxy) is 1. The van der Waals surface area contributed by atoms with Gasteiger partial charge >= 0.3 is 0 Å². The molecule has 2 rings (SSSR count). The van der Waals surface area contributed by atoms with Gasteiger partial charge in [-0.05, 0) is 35.4 Å². The van der Waals surface area contributed by atoms with E-state index in [9.17, 15) is 5.11 Å². The molecule has 0 bridgehead atoms. The highest BCUT2D eigenvalue weighted by Crippen LogP contribution is 2.24. The second-order valence-electron chi connectivity index (χ2n) is 3.36. The average Bonchev–Trinajstić information content (AvgIpc) is 2.32. The van der Waals surface area contributed by atoms with Gasteiger partial charge in [0.2, 0.25) is 0 Å². The van der Waals surface area contributed by atoms with Crippen molar-refractivity contribution in [2.45, 2.75) is 0 Å². The van der Waals surface area contributed by atoms with Crippen LogP contribution in [0.25, 0.3) is 11.1 Å². The van der Waals surface area contributed by atoms with Crippen molar-refractivity contribution >= 4 is 0 Å². The van der Waals surface area contributed by atoms with Crippen LogP contribution in [0.15, 0.2) is 61.4 Å². The van der Waals surface area contributed by atoms with Crippen LogP contribution in [0.4, 0.5) is 0 Å². The Morgan fingerprint density at radius 3 is 1.88 bits per heavy atom. The normalized spacial score (nSPS) is 9.75. The molecule has 0 saturated heterocycles. The number of phenols is 1. The van der Waals surface area contributed by atoms with Gasteiger partial charge in [0.15, 0.2) is 0 Å². The fourth-order valence-corrected chi connectivity index (χ4v) is 1.48. The van der Waals surface area contributed by atoms with Gasteiger partial charge in [-0.3, -0.25) is 0 Å². The quantitative estimate of drug-likeness (QED) is 0.788. The predicted octanol–water partition coefficient (Wildman–Crippen LogP) is 3.58. The van der Waals surface area contributed by atoms with Crippen LogP contribution in [0.3, 0.4) is 0 Å². The largest absolute Gasteiger partial charge is 0.508 e. The van der Waals surface area contributed by atoms with E-state index in [0.29, 0.717) is 0 Å². The number of benzene rings is 2. The van der Waals surface area contributed by atoms with E-state index in [0.717, 1.165) is 16.9 Å². The van der Waals surface area contributed by atoms with E-state index in [2.05, 4.69) is 6.58 Å². The van der Waals surface area contributed by atoms with Gasteiger partial charge in [0.25, 0.3) is 0 Å². The van der Waals surface area contributed by atoms with E-state index in [1.807, 2.05) is 36.4 Å². The monoisotopic (exact) mass is 212 g/mol. The van der Waals surface area contributed by atoms with Crippen LogP contribution in [-0.4, -0.2) is 5.11 Å². The summed E-state index contributed by atoms with van der Waals surface area (Å²) < 4.78 is 5.14. The number of hydrogen-bond donors (Lipinski definition) is 1. The van der Waals surface area contributed by atoms with Crippen LogP contribution in [0, 0.1) is 0 Å². The van der Waals surface area contributed by atoms with E-state index < -0.39 is 0 Å². The Bertz CT molecular complexity index is 469. The second kappa shape index (κ2) is 4.53. The second-order valence-corrected chi connectivity index (χ2v) is 3.36. The molecule has 2 nitrogen and oxygen atoms in total. The van der Waals surface area contributed by atoms with E-state index in [-0.39, 0.29) is 5.75 Å². The minimum atomic E-state index is 0.273. The van der Waals surface area contributed by atoms with Gasteiger partial charge < -0.3 is 9.84 Å². The van der Waals surface area contributed by atoms with Crippen molar-refractivity contribution in [2.24, 2.45) is 0 Å². The fourth-order valence-electron chi connectivity index (χ4n) is 1.48. The van der Waals surface area contributed by atoms with Gasteiger partial charge in [0.1, 0.15) is 11.5 Å². The molecule has 2 aromatic carbocycles. The lowest BCUT2D eigenvalue weighted by molar-refractivity contribution is 0.475. The SMILES string of the molecule is C=COc1ccc(-c2ccc(O)cc2)cc1. The third-order valence-corrected chi connectivity index (χ3v) is 2.27. The van der Waals surface area contributed by atoms with E-state index in [1.165, 1.54) is 6.26 Å². The minimum absolute atomic E-state index is 0.273. The molecule has 0 saturated carbocycles. The van der Waals surface area contributed by atoms with Crippen molar-refractivity contribution in [2.75, 3.05) is 0 Å². The number of phenolic OH excluding ortho intramolecular Hbond substituents is 1. The highest BCUT2D eigenvalue weighted by Gasteiger charge is 1.98. The maximum Gasteiger partial charge on any atom is 0.126 e. The maximum absolute atomic E-state index is 9.19. The Hall–Kier alpha value is -2.22. The highest BCUT2D eigenvalue weighted by molar-refractivity contribution is 5.64. The van der Waals surface area contributed by atoms with Crippen molar-refractivity contribution in [1.29, 1.82) is 0 Å². The van der Waals surface area contributed by atoms with E-state index in [4.69, 9.17) is 4.74 Å². The van der Waals surface area contributed by atoms with E-state index >= 15 is 0 Å². The molecule has 0 fully saturated rings. The summed E-state index contributed by atoms with van der Waals surface area (Å²) in [5, 5.41) is 9.19. The Morgan fingerprint density at radius 1 is 0.875 bits per heavy atom. The fraction of sp³-hybridized carbons (Fsp3) is 0. The summed E-state index contributed by atoms with van der Waals surface area (Å²) in [6.45, 7) is 3.50. The van der Waals surface area contributed by atoms with Crippen LogP contribution < -0.4 is 4.74 Å². The number of hydrogen-bond acceptors (Lipinski definition) is 2. The first-order valence-electron chi connectivity index (χ1n) is 4.96. The lowest BCUT2D eigenvalue weighted by Crippen LogP contribution is -1.81. The Labute approximate surface area is 94.4 Å². The first-order valence-corrected chi connectivity index (χ1v) is 4.96. The molecule has 80 valence electrons. The summed E-state index contributed by atoms with van der Waals surface area (Å²) in [7, 11) is 0. The zero-order chi connectivity index (χ0) is 11.4. The number of aromatic hydroxyl groups is 1. The van der Waals surface area contributed by atoms with Gasteiger partial charge in [-0.1, -0.05) is 30.8 Å². The predicted molar refractivity (Wildman–Crippen MR) is 64.4 cm³/mol. The van der Waals surface area contributed by atoms with Crippen LogP contribution >= 0.6 is 0 Å². The molecule has 0 amide bonds. The van der Waals surface area contributed by atoms with Crippen molar-refractivity contribution in [1.82, 2.24) is 0 Å². The Morgan fingerprint density at radius 2 is 1.38 bits per heavy atom. The summed E-state index contributed by atoms with van der Waals surface area (Å²) in [5.41, 5.74) is 2.14. The first-order chi connectivity index (χ1) is 7.79. The summed E-state index contributed by atoms with van der Waals surface area (Å²) >= 11 is 0. The van der Waals surface area contributed by atoms with Crippen molar-refractivity contribution < 1.29 is 9.84 Å². The molecule has 0 aliphatic rings. The zero-order valence-electron chi connectivity index (χ0n) is 8.76. The average molecular weight is 212 g/mol. The van der Waals surface area contributed by atoms with Crippen LogP contribution in [0.5, 0.6) is 11.5 Å². The molecule has 1 N–H and O–H groups in total. The van der Waals surface area contributed by atoms with E-state index in [1.54, 1.807) is 12.1 Å². The molecule has 0 aliphatic heterocycles. The standard InChI is InChI=1S/C14H12O2/c1-2-16-14-9-5-12(6-10-14)11-3-7-13(15)8-4-11/h2-10,15H,1H2. The van der Waals surface area contributed by atoms with Crippen LogP contribution in [-0.2, 0) is 0 Å². The summed E-state index contributed by atoms with van der Waals surface area (Å²) in [6.07, 6.45) is 1.40. The van der Waals surface area contributed by atoms with Gasteiger partial charge in [-0.2, -0.15) is 0 Å². The molecule has 0 radical (unpaired) electrons. The molecule has 16 heavy (non-hydrogen) atoms. The highest BCUT2D eigenvalue weighted by atomic mass is 16.5.